The van der Waals surface area contributed by atoms with Gasteiger partial charge in [-0.15, -0.1) is 0 Å². The number of hydrogen-bond donors (Lipinski definition) is 2. The SMILES string of the molecule is CNC(C)(CO)CN1CCCC(C(F)(F)F)C1. The highest BCUT2D eigenvalue weighted by atomic mass is 19.4. The molecule has 0 spiro atoms. The summed E-state index contributed by atoms with van der Waals surface area (Å²) in [6.45, 7) is 2.87. The zero-order chi connectivity index (χ0) is 13.1. The minimum Gasteiger partial charge on any atom is -0.394 e. The molecule has 1 aliphatic rings. The van der Waals surface area contributed by atoms with E-state index < -0.39 is 17.6 Å². The van der Waals surface area contributed by atoms with E-state index in [4.69, 9.17) is 0 Å². The number of likely N-dealkylation sites (N-methyl/N-ethyl adjacent to an activating group) is 1. The molecule has 2 unspecified atom stereocenters. The maximum absolute atomic E-state index is 12.6. The maximum Gasteiger partial charge on any atom is 0.393 e. The maximum atomic E-state index is 12.6. The summed E-state index contributed by atoms with van der Waals surface area (Å²) < 4.78 is 37.9. The summed E-state index contributed by atoms with van der Waals surface area (Å²) in [5.74, 6) is -1.23. The molecule has 2 N–H and O–H groups in total. The van der Waals surface area contributed by atoms with Crippen LogP contribution >= 0.6 is 0 Å². The number of nitrogens with one attached hydrogen (secondary N) is 1. The van der Waals surface area contributed by atoms with Gasteiger partial charge in [0.2, 0.25) is 0 Å². The van der Waals surface area contributed by atoms with Gasteiger partial charge in [-0.05, 0) is 33.4 Å². The van der Waals surface area contributed by atoms with Crippen molar-refractivity contribution in [2.24, 2.45) is 5.92 Å². The Hall–Kier alpha value is -0.330. The fraction of sp³-hybridized carbons (Fsp3) is 1.00. The Morgan fingerprint density at radius 2 is 2.06 bits per heavy atom. The molecule has 2 atom stereocenters. The van der Waals surface area contributed by atoms with Crippen molar-refractivity contribution < 1.29 is 18.3 Å². The molecule has 0 aromatic carbocycles. The van der Waals surface area contributed by atoms with Gasteiger partial charge in [0.15, 0.2) is 0 Å². The Morgan fingerprint density at radius 1 is 1.41 bits per heavy atom. The van der Waals surface area contributed by atoms with Crippen LogP contribution in [0.5, 0.6) is 0 Å². The van der Waals surface area contributed by atoms with Crippen LogP contribution in [-0.4, -0.2) is 55.0 Å². The van der Waals surface area contributed by atoms with Crippen LogP contribution in [0.1, 0.15) is 19.8 Å². The summed E-state index contributed by atoms with van der Waals surface area (Å²) in [5, 5.41) is 12.2. The minimum absolute atomic E-state index is 0.0424. The molecule has 0 bridgehead atoms. The first-order valence-corrected chi connectivity index (χ1v) is 5.89. The van der Waals surface area contributed by atoms with E-state index in [9.17, 15) is 18.3 Å². The third-order valence-corrected chi connectivity index (χ3v) is 3.49. The minimum atomic E-state index is -4.10. The van der Waals surface area contributed by atoms with E-state index in [-0.39, 0.29) is 19.6 Å². The Kier molecular flexibility index (Phi) is 4.80. The molecule has 1 fully saturated rings. The highest BCUT2D eigenvalue weighted by molar-refractivity contribution is 4.87. The number of hydrogen-bond acceptors (Lipinski definition) is 3. The van der Waals surface area contributed by atoms with Crippen LogP contribution in [0, 0.1) is 5.92 Å². The third kappa shape index (κ3) is 4.12. The molecule has 0 radical (unpaired) electrons. The van der Waals surface area contributed by atoms with Crippen molar-refractivity contribution in [3.63, 3.8) is 0 Å². The smallest absolute Gasteiger partial charge is 0.393 e. The summed E-state index contributed by atoms with van der Waals surface area (Å²) in [6.07, 6.45) is -3.32. The zero-order valence-corrected chi connectivity index (χ0v) is 10.3. The lowest BCUT2D eigenvalue weighted by atomic mass is 9.95. The Balaban J connectivity index is 2.56. The zero-order valence-electron chi connectivity index (χ0n) is 10.3. The Bertz CT molecular complexity index is 241. The molecule has 3 nitrogen and oxygen atoms in total. The van der Waals surface area contributed by atoms with Gasteiger partial charge in [-0.2, -0.15) is 13.2 Å². The normalized spacial score (nSPS) is 26.8. The van der Waals surface area contributed by atoms with Crippen LogP contribution in [0.2, 0.25) is 0 Å². The van der Waals surface area contributed by atoms with Gasteiger partial charge in [0, 0.05) is 13.1 Å². The second-order valence-corrected chi connectivity index (χ2v) is 5.08. The largest absolute Gasteiger partial charge is 0.394 e. The lowest BCUT2D eigenvalue weighted by Crippen LogP contribution is -2.55. The number of aliphatic hydroxyl groups excluding tert-OH is 1. The molecule has 6 heteroatoms. The van der Waals surface area contributed by atoms with Gasteiger partial charge in [-0.25, -0.2) is 0 Å². The fourth-order valence-corrected chi connectivity index (χ4v) is 2.17. The monoisotopic (exact) mass is 254 g/mol. The van der Waals surface area contributed by atoms with E-state index in [0.29, 0.717) is 19.5 Å². The first kappa shape index (κ1) is 14.7. The van der Waals surface area contributed by atoms with Crippen molar-refractivity contribution in [2.75, 3.05) is 33.3 Å². The van der Waals surface area contributed by atoms with Gasteiger partial charge in [0.1, 0.15) is 0 Å². The van der Waals surface area contributed by atoms with Crippen LogP contribution in [0.3, 0.4) is 0 Å². The summed E-state index contributed by atoms with van der Waals surface area (Å²) in [4.78, 5) is 1.79. The van der Waals surface area contributed by atoms with Gasteiger partial charge >= 0.3 is 6.18 Å². The molecule has 0 aliphatic carbocycles. The highest BCUT2D eigenvalue weighted by Gasteiger charge is 2.42. The lowest BCUT2D eigenvalue weighted by Gasteiger charge is -2.39. The van der Waals surface area contributed by atoms with Gasteiger partial charge in [0.25, 0.3) is 0 Å². The van der Waals surface area contributed by atoms with Crippen molar-refractivity contribution in [2.45, 2.75) is 31.5 Å². The summed E-state index contributed by atoms with van der Waals surface area (Å²) in [6, 6.07) is 0. The number of nitrogens with zero attached hydrogens (tertiary/aromatic N) is 1. The number of aliphatic hydroxyl groups is 1. The number of rotatable bonds is 4. The molecular formula is C11H21F3N2O. The number of halogens is 3. The molecule has 1 aliphatic heterocycles. The van der Waals surface area contributed by atoms with Crippen LogP contribution in [-0.2, 0) is 0 Å². The predicted molar refractivity (Wildman–Crippen MR) is 59.8 cm³/mol. The van der Waals surface area contributed by atoms with Crippen molar-refractivity contribution in [1.29, 1.82) is 0 Å². The topological polar surface area (TPSA) is 35.5 Å². The van der Waals surface area contributed by atoms with Gasteiger partial charge in [0.05, 0.1) is 18.1 Å². The molecule has 0 aromatic heterocycles. The summed E-state index contributed by atoms with van der Waals surface area (Å²) in [5.41, 5.74) is -0.534. The summed E-state index contributed by atoms with van der Waals surface area (Å²) in [7, 11) is 1.71. The Labute approximate surface area is 100.0 Å². The number of piperidine rings is 1. The van der Waals surface area contributed by atoms with E-state index in [1.807, 2.05) is 6.92 Å². The van der Waals surface area contributed by atoms with Crippen LogP contribution < -0.4 is 5.32 Å². The molecule has 1 saturated heterocycles. The average Bonchev–Trinajstić information content (AvgIpc) is 2.28. The van der Waals surface area contributed by atoms with Gasteiger partial charge < -0.3 is 15.3 Å². The van der Waals surface area contributed by atoms with Gasteiger partial charge in [-0.3, -0.25) is 0 Å². The van der Waals surface area contributed by atoms with E-state index in [0.717, 1.165) is 0 Å². The van der Waals surface area contributed by atoms with Gasteiger partial charge in [-0.1, -0.05) is 0 Å². The Morgan fingerprint density at radius 3 is 2.53 bits per heavy atom. The summed E-state index contributed by atoms with van der Waals surface area (Å²) >= 11 is 0. The molecule has 1 rings (SSSR count). The van der Waals surface area contributed by atoms with E-state index >= 15 is 0 Å². The second kappa shape index (κ2) is 5.54. The van der Waals surface area contributed by atoms with Crippen LogP contribution in [0.25, 0.3) is 0 Å². The first-order chi connectivity index (χ1) is 7.80. The average molecular weight is 254 g/mol. The van der Waals surface area contributed by atoms with Crippen LogP contribution in [0.15, 0.2) is 0 Å². The number of alkyl halides is 3. The van der Waals surface area contributed by atoms with Crippen molar-refractivity contribution in [3.05, 3.63) is 0 Å². The van der Waals surface area contributed by atoms with E-state index in [1.165, 1.54) is 0 Å². The van der Waals surface area contributed by atoms with Crippen LogP contribution in [0.4, 0.5) is 13.2 Å². The quantitative estimate of drug-likeness (QED) is 0.792. The molecule has 1 heterocycles. The van der Waals surface area contributed by atoms with E-state index in [1.54, 1.807) is 11.9 Å². The molecule has 0 aromatic rings. The third-order valence-electron chi connectivity index (χ3n) is 3.49. The molecule has 0 amide bonds. The second-order valence-electron chi connectivity index (χ2n) is 5.08. The number of likely N-dealkylation sites (tertiary alicyclic amines) is 1. The van der Waals surface area contributed by atoms with Crippen molar-refractivity contribution >= 4 is 0 Å². The standard InChI is InChI=1S/C11H21F3N2O/c1-10(8-17,15-2)7-16-5-3-4-9(6-16)11(12,13)14/h9,15,17H,3-8H2,1-2H3. The lowest BCUT2D eigenvalue weighted by molar-refractivity contribution is -0.187. The van der Waals surface area contributed by atoms with E-state index in [2.05, 4.69) is 5.32 Å². The molecule has 0 saturated carbocycles. The first-order valence-electron chi connectivity index (χ1n) is 5.89. The molecule has 102 valence electrons. The fourth-order valence-electron chi connectivity index (χ4n) is 2.17. The van der Waals surface area contributed by atoms with Crippen molar-refractivity contribution in [1.82, 2.24) is 10.2 Å². The predicted octanol–water partition coefficient (Wildman–Crippen LogP) is 1.23. The highest BCUT2D eigenvalue weighted by Crippen LogP contribution is 2.33. The van der Waals surface area contributed by atoms with Crippen molar-refractivity contribution in [3.8, 4) is 0 Å². The molecule has 17 heavy (non-hydrogen) atoms. The molecular weight excluding hydrogens is 233 g/mol.